The Labute approximate surface area is 192 Å². The Bertz CT molecular complexity index is 1100. The van der Waals surface area contributed by atoms with Crippen LogP contribution in [0.25, 0.3) is 0 Å². The van der Waals surface area contributed by atoms with E-state index in [0.29, 0.717) is 11.3 Å². The third kappa shape index (κ3) is 5.56. The molecule has 1 saturated heterocycles. The second-order valence-corrected chi connectivity index (χ2v) is 8.07. The minimum Gasteiger partial charge on any atom is -0.497 e. The van der Waals surface area contributed by atoms with Crippen molar-refractivity contribution in [3.05, 3.63) is 71.9 Å². The van der Waals surface area contributed by atoms with Gasteiger partial charge in [0.25, 0.3) is 11.8 Å². The van der Waals surface area contributed by atoms with Gasteiger partial charge in [-0.25, -0.2) is 9.97 Å². The molecular formula is C24H28N6O3. The molecule has 2 aromatic heterocycles. The standard InChI is InChI=1S/C24H28N6O3/c1-29-13-3-4-19(29)16-30-14-9-18(10-15-30)27-24(32)21-22(26-12-11-25-21)28-23(31)17-5-7-20(33-2)8-6-17/h3-8,11-13,18H,9-10,14-16H2,1-2H3,(H,27,32)(H,26,28,31). The van der Waals surface area contributed by atoms with Gasteiger partial charge in [-0.05, 0) is 49.2 Å². The van der Waals surface area contributed by atoms with E-state index < -0.39 is 0 Å². The third-order valence-electron chi connectivity index (χ3n) is 5.86. The lowest BCUT2D eigenvalue weighted by atomic mass is 10.0. The number of carbonyl (C=O) groups excluding carboxylic acids is 2. The molecular weight excluding hydrogens is 420 g/mol. The number of aromatic nitrogens is 3. The van der Waals surface area contributed by atoms with E-state index in [4.69, 9.17) is 4.74 Å². The summed E-state index contributed by atoms with van der Waals surface area (Å²) in [5.74, 6) is 0.0768. The van der Waals surface area contributed by atoms with Crippen LogP contribution in [0, 0.1) is 0 Å². The van der Waals surface area contributed by atoms with Crippen molar-refractivity contribution in [2.24, 2.45) is 7.05 Å². The number of hydrogen-bond donors (Lipinski definition) is 2. The first-order chi connectivity index (χ1) is 16.0. The summed E-state index contributed by atoms with van der Waals surface area (Å²) in [6.07, 6.45) is 6.64. The lowest BCUT2D eigenvalue weighted by Crippen LogP contribution is -2.44. The van der Waals surface area contributed by atoms with Crippen molar-refractivity contribution in [3.8, 4) is 5.75 Å². The van der Waals surface area contributed by atoms with Crippen LogP contribution >= 0.6 is 0 Å². The van der Waals surface area contributed by atoms with Crippen LogP contribution in [0.1, 0.15) is 39.4 Å². The first-order valence-electron chi connectivity index (χ1n) is 10.9. The zero-order valence-corrected chi connectivity index (χ0v) is 18.8. The van der Waals surface area contributed by atoms with Gasteiger partial charge in [0.1, 0.15) is 5.75 Å². The molecule has 9 nitrogen and oxygen atoms in total. The Morgan fingerprint density at radius 1 is 1.06 bits per heavy atom. The van der Waals surface area contributed by atoms with Crippen molar-refractivity contribution >= 4 is 17.6 Å². The Balaban J connectivity index is 1.34. The summed E-state index contributed by atoms with van der Waals surface area (Å²) in [6.45, 7) is 2.70. The Morgan fingerprint density at radius 3 is 2.45 bits per heavy atom. The molecule has 0 atom stereocenters. The Hall–Kier alpha value is -3.72. The summed E-state index contributed by atoms with van der Waals surface area (Å²) in [4.78, 5) is 36.3. The van der Waals surface area contributed by atoms with Crippen LogP contribution in [0.2, 0.25) is 0 Å². The molecule has 0 unspecified atom stereocenters. The van der Waals surface area contributed by atoms with E-state index >= 15 is 0 Å². The van der Waals surface area contributed by atoms with Gasteiger partial charge in [-0.1, -0.05) is 0 Å². The number of rotatable bonds is 7. The van der Waals surface area contributed by atoms with Crippen molar-refractivity contribution in [2.45, 2.75) is 25.4 Å². The van der Waals surface area contributed by atoms with Crippen molar-refractivity contribution in [1.82, 2.24) is 24.8 Å². The molecule has 0 saturated carbocycles. The van der Waals surface area contributed by atoms with E-state index in [1.807, 2.05) is 19.3 Å². The average molecular weight is 449 g/mol. The third-order valence-corrected chi connectivity index (χ3v) is 5.86. The molecule has 2 N–H and O–H groups in total. The maximum absolute atomic E-state index is 12.9. The first kappa shape index (κ1) is 22.5. The summed E-state index contributed by atoms with van der Waals surface area (Å²) in [7, 11) is 3.61. The topological polar surface area (TPSA) is 101 Å². The van der Waals surface area contributed by atoms with Crippen LogP contribution in [0.3, 0.4) is 0 Å². The number of aryl methyl sites for hydroxylation is 1. The van der Waals surface area contributed by atoms with Crippen molar-refractivity contribution in [1.29, 1.82) is 0 Å². The number of methoxy groups -OCH3 is 1. The molecule has 1 aliphatic heterocycles. The number of likely N-dealkylation sites (tertiary alicyclic amines) is 1. The summed E-state index contributed by atoms with van der Waals surface area (Å²) in [6, 6.07) is 10.9. The molecule has 1 fully saturated rings. The summed E-state index contributed by atoms with van der Waals surface area (Å²) >= 11 is 0. The quantitative estimate of drug-likeness (QED) is 0.576. The van der Waals surface area contributed by atoms with Gasteiger partial charge in [0, 0.05) is 62.6 Å². The second kappa shape index (κ2) is 10.3. The predicted molar refractivity (Wildman–Crippen MR) is 124 cm³/mol. The monoisotopic (exact) mass is 448 g/mol. The van der Waals surface area contributed by atoms with Gasteiger partial charge in [-0.3, -0.25) is 14.5 Å². The first-order valence-corrected chi connectivity index (χ1v) is 10.9. The number of anilines is 1. The second-order valence-electron chi connectivity index (χ2n) is 8.07. The predicted octanol–water partition coefficient (Wildman–Crippen LogP) is 2.47. The van der Waals surface area contributed by atoms with Crippen LogP contribution in [-0.4, -0.2) is 57.5 Å². The minimum absolute atomic E-state index is 0.0503. The molecule has 4 rings (SSSR count). The molecule has 0 radical (unpaired) electrons. The van der Waals surface area contributed by atoms with E-state index in [-0.39, 0.29) is 29.4 Å². The van der Waals surface area contributed by atoms with E-state index in [9.17, 15) is 9.59 Å². The Morgan fingerprint density at radius 2 is 1.79 bits per heavy atom. The van der Waals surface area contributed by atoms with Gasteiger partial charge in [0.15, 0.2) is 11.5 Å². The lowest BCUT2D eigenvalue weighted by molar-refractivity contribution is 0.0904. The molecule has 172 valence electrons. The summed E-state index contributed by atoms with van der Waals surface area (Å²) in [5, 5.41) is 5.75. The van der Waals surface area contributed by atoms with E-state index in [2.05, 4.69) is 36.1 Å². The SMILES string of the molecule is COc1ccc(C(=O)Nc2nccnc2C(=O)NC2CCN(Cc3cccn3C)CC2)cc1. The maximum atomic E-state index is 12.9. The number of piperidine rings is 1. The number of nitrogens with one attached hydrogen (secondary N) is 2. The maximum Gasteiger partial charge on any atom is 0.273 e. The average Bonchev–Trinajstić information content (AvgIpc) is 3.24. The minimum atomic E-state index is -0.374. The molecule has 0 spiro atoms. The number of ether oxygens (including phenoxy) is 1. The number of benzene rings is 1. The highest BCUT2D eigenvalue weighted by atomic mass is 16.5. The van der Waals surface area contributed by atoms with Gasteiger partial charge in [-0.15, -0.1) is 0 Å². The number of hydrogen-bond acceptors (Lipinski definition) is 6. The van der Waals surface area contributed by atoms with Gasteiger partial charge in [-0.2, -0.15) is 0 Å². The van der Waals surface area contributed by atoms with Gasteiger partial charge < -0.3 is 19.9 Å². The van der Waals surface area contributed by atoms with Gasteiger partial charge in [0.05, 0.1) is 7.11 Å². The van der Waals surface area contributed by atoms with E-state index in [1.165, 1.54) is 18.1 Å². The van der Waals surface area contributed by atoms with Crippen molar-refractivity contribution < 1.29 is 14.3 Å². The fraction of sp³-hybridized carbons (Fsp3) is 0.333. The summed E-state index contributed by atoms with van der Waals surface area (Å²) < 4.78 is 7.25. The zero-order valence-electron chi connectivity index (χ0n) is 18.8. The molecule has 3 heterocycles. The fourth-order valence-electron chi connectivity index (χ4n) is 3.90. The molecule has 1 aliphatic rings. The largest absolute Gasteiger partial charge is 0.497 e. The normalized spacial score (nSPS) is 14.6. The van der Waals surface area contributed by atoms with Crippen LogP contribution in [-0.2, 0) is 13.6 Å². The Kier molecular flexibility index (Phi) is 6.99. The lowest BCUT2D eigenvalue weighted by Gasteiger charge is -2.32. The van der Waals surface area contributed by atoms with Gasteiger partial charge in [0.2, 0.25) is 0 Å². The van der Waals surface area contributed by atoms with E-state index in [1.54, 1.807) is 31.4 Å². The van der Waals surface area contributed by atoms with E-state index in [0.717, 1.165) is 32.5 Å². The molecule has 3 aromatic rings. The molecule has 1 aromatic carbocycles. The smallest absolute Gasteiger partial charge is 0.273 e. The fourth-order valence-corrected chi connectivity index (χ4v) is 3.90. The highest BCUT2D eigenvalue weighted by Gasteiger charge is 2.24. The molecule has 0 bridgehead atoms. The number of nitrogens with zero attached hydrogens (tertiary/aromatic N) is 4. The highest BCUT2D eigenvalue weighted by Crippen LogP contribution is 2.17. The van der Waals surface area contributed by atoms with Crippen LogP contribution in [0.4, 0.5) is 5.82 Å². The molecule has 0 aliphatic carbocycles. The van der Waals surface area contributed by atoms with Crippen LogP contribution in [0.5, 0.6) is 5.75 Å². The van der Waals surface area contributed by atoms with Crippen molar-refractivity contribution in [2.75, 3.05) is 25.5 Å². The van der Waals surface area contributed by atoms with Gasteiger partial charge >= 0.3 is 0 Å². The van der Waals surface area contributed by atoms with Crippen LogP contribution in [0.15, 0.2) is 55.0 Å². The zero-order chi connectivity index (χ0) is 23.2. The molecule has 33 heavy (non-hydrogen) atoms. The summed E-state index contributed by atoms with van der Waals surface area (Å²) in [5.41, 5.74) is 1.80. The van der Waals surface area contributed by atoms with Crippen LogP contribution < -0.4 is 15.4 Å². The molecule has 9 heteroatoms. The molecule has 2 amide bonds. The number of carbonyl (C=O) groups is 2. The highest BCUT2D eigenvalue weighted by molar-refractivity contribution is 6.07. The van der Waals surface area contributed by atoms with Crippen molar-refractivity contribution in [3.63, 3.8) is 0 Å². The number of amides is 2.